The Kier molecular flexibility index (Phi) is 8.81. The van der Waals surface area contributed by atoms with Gasteiger partial charge in [-0.05, 0) is 48.9 Å². The van der Waals surface area contributed by atoms with Crippen molar-refractivity contribution in [2.75, 3.05) is 13.7 Å². The molecule has 212 valence electrons. The number of aliphatic hydroxyl groups is 1. The number of aromatic nitrogens is 6. The fraction of sp³-hybridized carbons (Fsp3) is 0.320. The molecule has 1 N–H and O–H groups in total. The van der Waals surface area contributed by atoms with Crippen LogP contribution < -0.4 is 5.69 Å². The molecule has 0 spiro atoms. The summed E-state index contributed by atoms with van der Waals surface area (Å²) >= 11 is 5.91. The number of ketones is 1. The maximum absolute atomic E-state index is 13.9. The smallest absolute Gasteiger partial charge is 0.385 e. The molecular formula is C25H23ClF4N6O4. The maximum Gasteiger partial charge on any atom is 0.416 e. The second kappa shape index (κ2) is 12.1. The standard InChI is InChI=1S/C25H23ClF4N6O4/c1-40-11-3-6-19(37)23-31-21(32-36(23)18-5-2-4-17(27)12-18)14-35-24(39)34(13-20(38)25(28,29)30)22(33-35)15-7-9-16(26)10-8-15/h2,4-5,7-10,12,20,38H,3,6,11,13-14H2,1H3/t20-/m0/s1. The van der Waals surface area contributed by atoms with Crippen LogP contribution in [0.25, 0.3) is 17.1 Å². The summed E-state index contributed by atoms with van der Waals surface area (Å²) in [7, 11) is 1.49. The Morgan fingerprint density at radius 2 is 1.88 bits per heavy atom. The topological polar surface area (TPSA) is 117 Å². The summed E-state index contributed by atoms with van der Waals surface area (Å²) in [6, 6.07) is 11.1. The molecule has 1 atom stereocenters. The van der Waals surface area contributed by atoms with Gasteiger partial charge in [0.2, 0.25) is 0 Å². The van der Waals surface area contributed by atoms with Crippen molar-refractivity contribution in [1.29, 1.82) is 0 Å². The van der Waals surface area contributed by atoms with Gasteiger partial charge in [-0.2, -0.15) is 13.2 Å². The fourth-order valence-corrected chi connectivity index (χ4v) is 3.94. The zero-order valence-electron chi connectivity index (χ0n) is 21.0. The van der Waals surface area contributed by atoms with Gasteiger partial charge < -0.3 is 9.84 Å². The number of rotatable bonds is 11. The molecule has 0 amide bonds. The van der Waals surface area contributed by atoms with Crippen LogP contribution in [0, 0.1) is 5.82 Å². The lowest BCUT2D eigenvalue weighted by molar-refractivity contribution is -0.207. The summed E-state index contributed by atoms with van der Waals surface area (Å²) in [5.41, 5.74) is -0.521. The molecule has 10 nitrogen and oxygen atoms in total. The molecule has 0 aliphatic carbocycles. The quantitative estimate of drug-likeness (QED) is 0.163. The van der Waals surface area contributed by atoms with Crippen molar-refractivity contribution in [3.8, 4) is 17.1 Å². The van der Waals surface area contributed by atoms with E-state index in [-0.39, 0.29) is 35.1 Å². The lowest BCUT2D eigenvalue weighted by atomic mass is 10.2. The molecular weight excluding hydrogens is 560 g/mol. The largest absolute Gasteiger partial charge is 0.416 e. The molecule has 15 heteroatoms. The van der Waals surface area contributed by atoms with E-state index in [9.17, 15) is 32.3 Å². The molecule has 0 aliphatic rings. The predicted octanol–water partition coefficient (Wildman–Crippen LogP) is 3.67. The number of hydrogen-bond donors (Lipinski definition) is 1. The molecule has 0 saturated carbocycles. The molecule has 40 heavy (non-hydrogen) atoms. The van der Waals surface area contributed by atoms with Gasteiger partial charge in [-0.3, -0.25) is 9.36 Å². The first-order valence-electron chi connectivity index (χ1n) is 11.9. The summed E-state index contributed by atoms with van der Waals surface area (Å²) < 4.78 is 60.9. The van der Waals surface area contributed by atoms with Crippen LogP contribution in [0.5, 0.6) is 0 Å². The second-order valence-electron chi connectivity index (χ2n) is 8.70. The van der Waals surface area contributed by atoms with Crippen molar-refractivity contribution in [3.63, 3.8) is 0 Å². The Bertz CT molecular complexity index is 1550. The van der Waals surface area contributed by atoms with Crippen molar-refractivity contribution in [1.82, 2.24) is 29.1 Å². The molecule has 4 aromatic rings. The summed E-state index contributed by atoms with van der Waals surface area (Å²) in [6.07, 6.45) is -7.39. The minimum Gasteiger partial charge on any atom is -0.385 e. The van der Waals surface area contributed by atoms with E-state index in [4.69, 9.17) is 16.3 Å². The maximum atomic E-state index is 13.9. The molecule has 0 radical (unpaired) electrons. The van der Waals surface area contributed by atoms with Crippen LogP contribution >= 0.6 is 11.6 Å². The normalized spacial score (nSPS) is 12.6. The number of Topliss-reactive ketones (excluding diaryl/α,β-unsaturated/α-hetero) is 1. The third kappa shape index (κ3) is 6.63. The highest BCUT2D eigenvalue weighted by atomic mass is 35.5. The van der Waals surface area contributed by atoms with Crippen LogP contribution in [-0.2, 0) is 17.8 Å². The Morgan fingerprint density at radius 3 is 2.52 bits per heavy atom. The van der Waals surface area contributed by atoms with Gasteiger partial charge in [-0.25, -0.2) is 23.5 Å². The van der Waals surface area contributed by atoms with E-state index in [0.29, 0.717) is 22.6 Å². The highest BCUT2D eigenvalue weighted by molar-refractivity contribution is 6.30. The van der Waals surface area contributed by atoms with E-state index in [1.807, 2.05) is 0 Å². The Hall–Kier alpha value is -3.88. The summed E-state index contributed by atoms with van der Waals surface area (Å²) in [4.78, 5) is 30.3. The first kappa shape index (κ1) is 29.1. The van der Waals surface area contributed by atoms with E-state index < -0.39 is 42.7 Å². The molecule has 4 rings (SSSR count). The van der Waals surface area contributed by atoms with Gasteiger partial charge in [-0.1, -0.05) is 17.7 Å². The monoisotopic (exact) mass is 582 g/mol. The van der Waals surface area contributed by atoms with Crippen LogP contribution in [0.1, 0.15) is 29.3 Å². The van der Waals surface area contributed by atoms with Gasteiger partial charge >= 0.3 is 11.9 Å². The number of nitrogens with zero attached hydrogens (tertiary/aromatic N) is 6. The lowest BCUT2D eigenvalue weighted by Gasteiger charge is -2.15. The molecule has 2 aromatic carbocycles. The second-order valence-corrected chi connectivity index (χ2v) is 9.14. The van der Waals surface area contributed by atoms with Crippen molar-refractivity contribution in [2.45, 2.75) is 38.2 Å². The van der Waals surface area contributed by atoms with Crippen LogP contribution in [-0.4, -0.2) is 66.0 Å². The van der Waals surface area contributed by atoms with Gasteiger partial charge in [0.15, 0.2) is 29.4 Å². The number of benzene rings is 2. The summed E-state index contributed by atoms with van der Waals surface area (Å²) in [6.45, 7) is -1.24. The Labute approximate surface area is 229 Å². The van der Waals surface area contributed by atoms with Crippen molar-refractivity contribution < 1.29 is 32.2 Å². The number of aliphatic hydroxyl groups excluding tert-OH is 1. The average molecular weight is 583 g/mol. The SMILES string of the molecule is COCCCC(=O)c1nc(Cn2nc(-c3ccc(Cl)cc3)n(C[C@H](O)C(F)(F)F)c2=O)nn1-c1cccc(F)c1. The van der Waals surface area contributed by atoms with Crippen LogP contribution in [0.15, 0.2) is 53.3 Å². The first-order chi connectivity index (χ1) is 19.0. The minimum atomic E-state index is -4.98. The molecule has 0 bridgehead atoms. The minimum absolute atomic E-state index is 0.0475. The van der Waals surface area contributed by atoms with Crippen LogP contribution in [0.2, 0.25) is 5.02 Å². The van der Waals surface area contributed by atoms with Gasteiger partial charge in [0.05, 0.1) is 12.2 Å². The molecule has 0 aliphatic heterocycles. The van der Waals surface area contributed by atoms with E-state index in [0.717, 1.165) is 15.4 Å². The van der Waals surface area contributed by atoms with Crippen molar-refractivity contribution >= 4 is 17.4 Å². The number of ether oxygens (including phenoxy) is 1. The number of carbonyl (C=O) groups is 1. The third-order valence-corrected chi connectivity index (χ3v) is 6.01. The zero-order chi connectivity index (χ0) is 29.0. The van der Waals surface area contributed by atoms with Gasteiger partial charge in [0, 0.05) is 30.7 Å². The van der Waals surface area contributed by atoms with E-state index in [1.165, 1.54) is 49.6 Å². The van der Waals surface area contributed by atoms with Crippen molar-refractivity contribution in [3.05, 3.63) is 81.5 Å². The van der Waals surface area contributed by atoms with E-state index in [2.05, 4.69) is 15.2 Å². The predicted molar refractivity (Wildman–Crippen MR) is 135 cm³/mol. The van der Waals surface area contributed by atoms with Gasteiger partial charge in [-0.15, -0.1) is 10.2 Å². The van der Waals surface area contributed by atoms with E-state index >= 15 is 0 Å². The molecule has 2 aromatic heterocycles. The summed E-state index contributed by atoms with van der Waals surface area (Å²) in [5, 5.41) is 18.4. The highest BCUT2D eigenvalue weighted by Crippen LogP contribution is 2.24. The van der Waals surface area contributed by atoms with Gasteiger partial charge in [0.1, 0.15) is 12.4 Å². The van der Waals surface area contributed by atoms with Crippen LogP contribution in [0.4, 0.5) is 17.6 Å². The zero-order valence-corrected chi connectivity index (χ0v) is 21.7. The molecule has 0 unspecified atom stereocenters. The molecule has 0 fully saturated rings. The fourth-order valence-electron chi connectivity index (χ4n) is 3.81. The number of carbonyl (C=O) groups excluding carboxylic acids is 1. The first-order valence-corrected chi connectivity index (χ1v) is 12.3. The number of halogens is 5. The van der Waals surface area contributed by atoms with E-state index in [1.54, 1.807) is 0 Å². The summed E-state index contributed by atoms with van der Waals surface area (Å²) in [5.74, 6) is -1.38. The number of hydrogen-bond acceptors (Lipinski definition) is 7. The molecule has 2 heterocycles. The van der Waals surface area contributed by atoms with Crippen molar-refractivity contribution in [2.24, 2.45) is 0 Å². The number of methoxy groups -OCH3 is 1. The van der Waals surface area contributed by atoms with Gasteiger partial charge in [0.25, 0.3) is 0 Å². The Morgan fingerprint density at radius 1 is 1.15 bits per heavy atom. The Balaban J connectivity index is 1.75. The lowest BCUT2D eigenvalue weighted by Crippen LogP contribution is -2.37. The average Bonchev–Trinajstić information content (AvgIpc) is 3.46. The molecule has 0 saturated heterocycles. The van der Waals surface area contributed by atoms with Crippen LogP contribution in [0.3, 0.4) is 0 Å². The third-order valence-electron chi connectivity index (χ3n) is 5.76. The number of alkyl halides is 3. The highest BCUT2D eigenvalue weighted by Gasteiger charge is 2.39.